The first-order valence-corrected chi connectivity index (χ1v) is 6.76. The lowest BCUT2D eigenvalue weighted by atomic mass is 10.1. The molecule has 2 aromatic rings. The number of hydrogen-bond acceptors (Lipinski definition) is 6. The van der Waals surface area contributed by atoms with Crippen LogP contribution in [0, 0.1) is 17.0 Å². The molecule has 0 aliphatic rings. The van der Waals surface area contributed by atoms with Gasteiger partial charge in [-0.3, -0.25) is 15.1 Å². The molecule has 110 valence electrons. The monoisotopic (exact) mass is 287 g/mol. The predicted octanol–water partition coefficient (Wildman–Crippen LogP) is 2.50. The van der Waals surface area contributed by atoms with E-state index in [-0.39, 0.29) is 5.69 Å². The summed E-state index contributed by atoms with van der Waals surface area (Å²) in [6.07, 6.45) is 4.62. The standard InChI is InChI=1S/C14H17N5O2/c1-3-6-16-14-17-10(2)13(19(20)21)12(18-14)9-11-4-7-15-8-5-11/h4-5,7-8H,3,6,9H2,1-2H3,(H,16,17,18). The molecule has 0 fully saturated rings. The van der Waals surface area contributed by atoms with Crippen LogP contribution < -0.4 is 5.32 Å². The van der Waals surface area contributed by atoms with Gasteiger partial charge in [0.1, 0.15) is 11.4 Å². The molecule has 1 N–H and O–H groups in total. The van der Waals surface area contributed by atoms with Gasteiger partial charge in [0, 0.05) is 25.4 Å². The minimum atomic E-state index is -0.421. The molecule has 2 aromatic heterocycles. The van der Waals surface area contributed by atoms with E-state index in [0.717, 1.165) is 18.5 Å². The lowest BCUT2D eigenvalue weighted by molar-refractivity contribution is -0.386. The van der Waals surface area contributed by atoms with Crippen molar-refractivity contribution in [3.05, 3.63) is 51.6 Å². The van der Waals surface area contributed by atoms with Crippen LogP contribution in [-0.4, -0.2) is 26.4 Å². The predicted molar refractivity (Wildman–Crippen MR) is 79.2 cm³/mol. The molecule has 0 unspecified atom stereocenters. The second kappa shape index (κ2) is 6.74. The van der Waals surface area contributed by atoms with Crippen molar-refractivity contribution in [2.24, 2.45) is 0 Å². The zero-order valence-corrected chi connectivity index (χ0v) is 12.0. The highest BCUT2D eigenvalue weighted by atomic mass is 16.6. The fraction of sp³-hybridized carbons (Fsp3) is 0.357. The SMILES string of the molecule is CCCNc1nc(C)c([N+](=O)[O-])c(Cc2ccncc2)n1. The Kier molecular flexibility index (Phi) is 4.76. The molecule has 0 spiro atoms. The summed E-state index contributed by atoms with van der Waals surface area (Å²) in [7, 11) is 0. The van der Waals surface area contributed by atoms with Crippen molar-refractivity contribution in [3.8, 4) is 0 Å². The number of nitro groups is 1. The van der Waals surface area contributed by atoms with Gasteiger partial charge in [-0.15, -0.1) is 0 Å². The molecule has 0 aliphatic heterocycles. The molecule has 0 atom stereocenters. The Balaban J connectivity index is 2.39. The molecular weight excluding hydrogens is 270 g/mol. The first kappa shape index (κ1) is 14.8. The molecule has 0 amide bonds. The van der Waals surface area contributed by atoms with Gasteiger partial charge in [0.2, 0.25) is 5.95 Å². The highest BCUT2D eigenvalue weighted by Crippen LogP contribution is 2.24. The van der Waals surface area contributed by atoms with Crippen LogP contribution in [0.15, 0.2) is 24.5 Å². The molecule has 2 rings (SSSR count). The minimum Gasteiger partial charge on any atom is -0.354 e. The summed E-state index contributed by atoms with van der Waals surface area (Å²) in [6.45, 7) is 4.39. The Morgan fingerprint density at radius 1 is 1.29 bits per heavy atom. The van der Waals surface area contributed by atoms with Gasteiger partial charge in [0.25, 0.3) is 0 Å². The molecule has 7 nitrogen and oxygen atoms in total. The summed E-state index contributed by atoms with van der Waals surface area (Å²) in [5.74, 6) is 0.434. The van der Waals surface area contributed by atoms with Gasteiger partial charge in [0.15, 0.2) is 0 Å². The molecule has 0 aromatic carbocycles. The summed E-state index contributed by atoms with van der Waals surface area (Å²) >= 11 is 0. The summed E-state index contributed by atoms with van der Waals surface area (Å²) in [5, 5.41) is 14.3. The van der Waals surface area contributed by atoms with Gasteiger partial charge in [-0.2, -0.15) is 0 Å². The molecule has 0 saturated heterocycles. The third kappa shape index (κ3) is 3.71. The average Bonchev–Trinajstić information content (AvgIpc) is 2.45. The number of aromatic nitrogens is 3. The molecule has 0 radical (unpaired) electrons. The van der Waals surface area contributed by atoms with Crippen molar-refractivity contribution in [2.75, 3.05) is 11.9 Å². The van der Waals surface area contributed by atoms with E-state index in [1.54, 1.807) is 19.3 Å². The quantitative estimate of drug-likeness (QED) is 0.648. The third-order valence-corrected chi connectivity index (χ3v) is 2.97. The topological polar surface area (TPSA) is 93.8 Å². The van der Waals surface area contributed by atoms with E-state index in [0.29, 0.717) is 23.8 Å². The smallest absolute Gasteiger partial charge is 0.312 e. The van der Waals surface area contributed by atoms with Gasteiger partial charge in [0.05, 0.1) is 4.92 Å². The molecule has 0 bridgehead atoms. The van der Waals surface area contributed by atoms with Gasteiger partial charge in [-0.25, -0.2) is 9.97 Å². The highest BCUT2D eigenvalue weighted by Gasteiger charge is 2.21. The number of hydrogen-bond donors (Lipinski definition) is 1. The first-order chi connectivity index (χ1) is 10.1. The number of nitrogens with one attached hydrogen (secondary N) is 1. The summed E-state index contributed by atoms with van der Waals surface area (Å²) in [6, 6.07) is 3.64. The molecule has 0 saturated carbocycles. The second-order valence-electron chi connectivity index (χ2n) is 4.64. The van der Waals surface area contributed by atoms with E-state index < -0.39 is 4.92 Å². The molecular formula is C14H17N5O2. The number of aryl methyl sites for hydroxylation is 1. The van der Waals surface area contributed by atoms with E-state index in [2.05, 4.69) is 20.3 Å². The van der Waals surface area contributed by atoms with Crippen molar-refractivity contribution >= 4 is 11.6 Å². The van der Waals surface area contributed by atoms with Crippen LogP contribution in [0.5, 0.6) is 0 Å². The normalized spacial score (nSPS) is 10.4. The van der Waals surface area contributed by atoms with Gasteiger partial charge in [-0.05, 0) is 31.0 Å². The van der Waals surface area contributed by atoms with E-state index in [9.17, 15) is 10.1 Å². The van der Waals surface area contributed by atoms with Crippen LogP contribution in [0.25, 0.3) is 0 Å². The minimum absolute atomic E-state index is 0.0196. The van der Waals surface area contributed by atoms with Crippen molar-refractivity contribution in [3.63, 3.8) is 0 Å². The van der Waals surface area contributed by atoms with Crippen molar-refractivity contribution in [1.29, 1.82) is 0 Å². The van der Waals surface area contributed by atoms with Crippen LogP contribution in [0.4, 0.5) is 11.6 Å². The Labute approximate surface area is 122 Å². The van der Waals surface area contributed by atoms with E-state index >= 15 is 0 Å². The fourth-order valence-corrected chi connectivity index (χ4v) is 2.00. The summed E-state index contributed by atoms with van der Waals surface area (Å²) < 4.78 is 0. The summed E-state index contributed by atoms with van der Waals surface area (Å²) in [4.78, 5) is 23.2. The van der Waals surface area contributed by atoms with Crippen molar-refractivity contribution in [1.82, 2.24) is 15.0 Å². The Bertz CT molecular complexity index is 631. The third-order valence-electron chi connectivity index (χ3n) is 2.97. The lowest BCUT2D eigenvalue weighted by Crippen LogP contribution is -2.10. The molecule has 0 aliphatic carbocycles. The first-order valence-electron chi connectivity index (χ1n) is 6.76. The van der Waals surface area contributed by atoms with Crippen LogP contribution in [-0.2, 0) is 6.42 Å². The van der Waals surface area contributed by atoms with Crippen molar-refractivity contribution < 1.29 is 4.92 Å². The second-order valence-corrected chi connectivity index (χ2v) is 4.64. The van der Waals surface area contributed by atoms with Crippen LogP contribution in [0.3, 0.4) is 0 Å². The number of pyridine rings is 1. The Morgan fingerprint density at radius 3 is 2.62 bits per heavy atom. The molecule has 7 heteroatoms. The van der Waals surface area contributed by atoms with E-state index in [1.807, 2.05) is 19.1 Å². The number of nitrogens with zero attached hydrogens (tertiary/aromatic N) is 4. The Morgan fingerprint density at radius 2 is 2.00 bits per heavy atom. The van der Waals surface area contributed by atoms with Crippen LogP contribution in [0.1, 0.15) is 30.3 Å². The fourth-order valence-electron chi connectivity index (χ4n) is 2.00. The summed E-state index contributed by atoms with van der Waals surface area (Å²) in [5.41, 5.74) is 1.69. The maximum atomic E-state index is 11.3. The number of rotatable bonds is 6. The average molecular weight is 287 g/mol. The van der Waals surface area contributed by atoms with Gasteiger partial charge in [-0.1, -0.05) is 6.92 Å². The van der Waals surface area contributed by atoms with Gasteiger partial charge >= 0.3 is 5.69 Å². The van der Waals surface area contributed by atoms with Crippen LogP contribution in [0.2, 0.25) is 0 Å². The zero-order chi connectivity index (χ0) is 15.2. The number of anilines is 1. The highest BCUT2D eigenvalue weighted by molar-refractivity contribution is 5.46. The molecule has 21 heavy (non-hydrogen) atoms. The van der Waals surface area contributed by atoms with E-state index in [1.165, 1.54) is 0 Å². The van der Waals surface area contributed by atoms with Crippen LogP contribution >= 0.6 is 0 Å². The zero-order valence-electron chi connectivity index (χ0n) is 12.0. The Hall–Kier alpha value is -2.57. The lowest BCUT2D eigenvalue weighted by Gasteiger charge is -2.08. The van der Waals surface area contributed by atoms with E-state index in [4.69, 9.17) is 0 Å². The maximum absolute atomic E-state index is 11.3. The largest absolute Gasteiger partial charge is 0.354 e. The van der Waals surface area contributed by atoms with Crippen molar-refractivity contribution in [2.45, 2.75) is 26.7 Å². The molecule has 2 heterocycles. The van der Waals surface area contributed by atoms with Gasteiger partial charge < -0.3 is 5.32 Å². The maximum Gasteiger partial charge on any atom is 0.312 e.